The van der Waals surface area contributed by atoms with E-state index in [9.17, 15) is 0 Å². The van der Waals surface area contributed by atoms with Crippen molar-refractivity contribution >= 4 is 32.3 Å². The van der Waals surface area contributed by atoms with Crippen molar-refractivity contribution in [2.75, 3.05) is 0 Å². The second-order valence-electron chi connectivity index (χ2n) is 6.21. The van der Waals surface area contributed by atoms with Gasteiger partial charge in [0.05, 0.1) is 0 Å². The van der Waals surface area contributed by atoms with E-state index in [1.54, 1.807) is 0 Å². The molecule has 5 aromatic rings. The number of benzene rings is 3. The van der Waals surface area contributed by atoms with E-state index in [4.69, 9.17) is 0 Å². The molecule has 4 heteroatoms. The molecule has 2 aromatic heterocycles. The molecule has 0 unspecified atom stereocenters. The number of halogens is 1. The Morgan fingerprint density at radius 1 is 0.692 bits per heavy atom. The molecule has 124 valence electrons. The average Bonchev–Trinajstić information content (AvgIpc) is 3.13. The highest BCUT2D eigenvalue weighted by Crippen LogP contribution is 2.27. The molecular formula is C22H14BrN3. The molecule has 0 atom stereocenters. The van der Waals surface area contributed by atoms with Gasteiger partial charge in [-0.3, -0.25) is 4.40 Å². The van der Waals surface area contributed by atoms with E-state index in [0.717, 1.165) is 26.9 Å². The van der Waals surface area contributed by atoms with Crippen LogP contribution >= 0.6 is 15.9 Å². The highest BCUT2D eigenvalue weighted by atomic mass is 79.9. The van der Waals surface area contributed by atoms with Crippen LogP contribution in [0.15, 0.2) is 89.5 Å². The molecule has 0 N–H and O–H groups in total. The fourth-order valence-corrected chi connectivity index (χ4v) is 3.69. The van der Waals surface area contributed by atoms with Gasteiger partial charge < -0.3 is 0 Å². The van der Waals surface area contributed by atoms with Crippen LogP contribution in [-0.2, 0) is 0 Å². The van der Waals surface area contributed by atoms with E-state index in [2.05, 4.69) is 85.1 Å². The molecule has 5 rings (SSSR count). The number of hydrogen-bond donors (Lipinski definition) is 0. The summed E-state index contributed by atoms with van der Waals surface area (Å²) in [4.78, 5) is 0. The summed E-state index contributed by atoms with van der Waals surface area (Å²) in [6.07, 6.45) is 2.04. The smallest absolute Gasteiger partial charge is 0.168 e. The van der Waals surface area contributed by atoms with Gasteiger partial charge >= 0.3 is 0 Å². The minimum Gasteiger partial charge on any atom is -0.282 e. The quantitative estimate of drug-likeness (QED) is 0.365. The zero-order chi connectivity index (χ0) is 17.5. The number of nitrogens with zero attached hydrogens (tertiary/aromatic N) is 3. The lowest BCUT2D eigenvalue weighted by molar-refractivity contribution is 1.11. The van der Waals surface area contributed by atoms with Crippen LogP contribution in [-0.4, -0.2) is 14.6 Å². The van der Waals surface area contributed by atoms with Gasteiger partial charge in [0.15, 0.2) is 11.5 Å². The summed E-state index contributed by atoms with van der Waals surface area (Å²) in [7, 11) is 0. The van der Waals surface area contributed by atoms with Crippen molar-refractivity contribution in [1.29, 1.82) is 0 Å². The van der Waals surface area contributed by atoms with Crippen LogP contribution in [0.1, 0.15) is 0 Å². The van der Waals surface area contributed by atoms with E-state index < -0.39 is 0 Å². The number of hydrogen-bond acceptors (Lipinski definition) is 2. The molecule has 3 nitrogen and oxygen atoms in total. The zero-order valence-corrected chi connectivity index (χ0v) is 15.4. The number of rotatable bonds is 2. The van der Waals surface area contributed by atoms with Crippen molar-refractivity contribution in [3.63, 3.8) is 0 Å². The molecule has 2 heterocycles. The summed E-state index contributed by atoms with van der Waals surface area (Å²) in [5, 5.41) is 11.1. The molecule has 0 spiro atoms. The normalized spacial score (nSPS) is 11.3. The second-order valence-corrected chi connectivity index (χ2v) is 7.12. The van der Waals surface area contributed by atoms with Crippen molar-refractivity contribution in [2.45, 2.75) is 0 Å². The number of fused-ring (bicyclic) bond motifs is 3. The van der Waals surface area contributed by atoms with Crippen molar-refractivity contribution in [1.82, 2.24) is 14.6 Å². The molecule has 0 amide bonds. The predicted molar refractivity (Wildman–Crippen MR) is 109 cm³/mol. The Hall–Kier alpha value is -2.98. The van der Waals surface area contributed by atoms with E-state index in [-0.39, 0.29) is 0 Å². The molecule has 0 saturated heterocycles. The van der Waals surface area contributed by atoms with Crippen LogP contribution < -0.4 is 0 Å². The van der Waals surface area contributed by atoms with Gasteiger partial charge in [-0.1, -0.05) is 76.6 Å². The fourth-order valence-electron chi connectivity index (χ4n) is 3.29. The minimum atomic E-state index is 0.853. The molecule has 0 fully saturated rings. The molecule has 0 aliphatic rings. The minimum absolute atomic E-state index is 0.853. The van der Waals surface area contributed by atoms with Gasteiger partial charge in [-0.15, -0.1) is 10.2 Å². The third-order valence-electron chi connectivity index (χ3n) is 4.60. The maximum atomic E-state index is 4.44. The van der Waals surface area contributed by atoms with Gasteiger partial charge in [0, 0.05) is 21.6 Å². The predicted octanol–water partition coefficient (Wildman–Crippen LogP) is 5.98. The van der Waals surface area contributed by atoms with Gasteiger partial charge in [-0.05, 0) is 34.7 Å². The molecule has 3 aromatic carbocycles. The van der Waals surface area contributed by atoms with Gasteiger partial charge in [0.25, 0.3) is 0 Å². The Morgan fingerprint density at radius 2 is 1.50 bits per heavy atom. The van der Waals surface area contributed by atoms with Gasteiger partial charge in [0.1, 0.15) is 0 Å². The van der Waals surface area contributed by atoms with Crippen molar-refractivity contribution < 1.29 is 0 Å². The molecule has 0 saturated carbocycles. The molecule has 0 aliphatic heterocycles. The van der Waals surface area contributed by atoms with E-state index in [0.29, 0.717) is 0 Å². The summed E-state index contributed by atoms with van der Waals surface area (Å²) < 4.78 is 3.13. The third kappa shape index (κ3) is 2.50. The SMILES string of the molecule is Brc1cccc(-c2ccc(-c3nnc4c5ccccc5ccn34)cc2)c1. The molecule has 0 bridgehead atoms. The van der Waals surface area contributed by atoms with Crippen LogP contribution in [0.4, 0.5) is 0 Å². The highest BCUT2D eigenvalue weighted by Gasteiger charge is 2.10. The lowest BCUT2D eigenvalue weighted by Gasteiger charge is -2.05. The zero-order valence-electron chi connectivity index (χ0n) is 13.8. The van der Waals surface area contributed by atoms with Gasteiger partial charge in [-0.2, -0.15) is 0 Å². The summed E-state index contributed by atoms with van der Waals surface area (Å²) in [6, 6.07) is 27.1. The largest absolute Gasteiger partial charge is 0.282 e. The first kappa shape index (κ1) is 15.3. The lowest BCUT2D eigenvalue weighted by atomic mass is 10.0. The first-order valence-electron chi connectivity index (χ1n) is 8.38. The standard InChI is InChI=1S/C22H14BrN3/c23-19-6-3-5-18(14-19)15-8-10-17(11-9-15)21-24-25-22-20-7-2-1-4-16(20)12-13-26(21)22/h1-14H. The fraction of sp³-hybridized carbons (Fsp3) is 0. The first-order valence-corrected chi connectivity index (χ1v) is 9.18. The molecule has 26 heavy (non-hydrogen) atoms. The topological polar surface area (TPSA) is 30.2 Å². The Labute approximate surface area is 159 Å². The number of pyridine rings is 1. The first-order chi connectivity index (χ1) is 12.8. The monoisotopic (exact) mass is 399 g/mol. The lowest BCUT2D eigenvalue weighted by Crippen LogP contribution is -1.90. The van der Waals surface area contributed by atoms with Crippen LogP contribution in [0.2, 0.25) is 0 Å². The van der Waals surface area contributed by atoms with Gasteiger partial charge in [-0.25, -0.2) is 0 Å². The maximum absolute atomic E-state index is 4.44. The Kier molecular flexibility index (Phi) is 3.57. The van der Waals surface area contributed by atoms with Crippen molar-refractivity contribution in [2.24, 2.45) is 0 Å². The summed E-state index contributed by atoms with van der Waals surface area (Å²) >= 11 is 3.53. The second kappa shape index (κ2) is 6.07. The van der Waals surface area contributed by atoms with E-state index in [1.807, 2.05) is 30.5 Å². The summed E-state index contributed by atoms with van der Waals surface area (Å²) in [6.45, 7) is 0. The van der Waals surface area contributed by atoms with Crippen molar-refractivity contribution in [3.8, 4) is 22.5 Å². The third-order valence-corrected chi connectivity index (χ3v) is 5.09. The van der Waals surface area contributed by atoms with Crippen LogP contribution in [0.25, 0.3) is 38.9 Å². The summed E-state index contributed by atoms with van der Waals surface area (Å²) in [5.41, 5.74) is 4.29. The Morgan fingerprint density at radius 3 is 2.35 bits per heavy atom. The molecule has 0 radical (unpaired) electrons. The summed E-state index contributed by atoms with van der Waals surface area (Å²) in [5.74, 6) is 0.853. The highest BCUT2D eigenvalue weighted by molar-refractivity contribution is 9.10. The van der Waals surface area contributed by atoms with Crippen LogP contribution in [0.5, 0.6) is 0 Å². The van der Waals surface area contributed by atoms with E-state index in [1.165, 1.54) is 16.5 Å². The van der Waals surface area contributed by atoms with Crippen molar-refractivity contribution in [3.05, 3.63) is 89.5 Å². The number of aromatic nitrogens is 3. The average molecular weight is 400 g/mol. The maximum Gasteiger partial charge on any atom is 0.168 e. The van der Waals surface area contributed by atoms with Crippen LogP contribution in [0, 0.1) is 0 Å². The Balaban J connectivity index is 1.61. The van der Waals surface area contributed by atoms with E-state index >= 15 is 0 Å². The Bertz CT molecular complexity index is 1240. The molecular weight excluding hydrogens is 386 g/mol. The van der Waals surface area contributed by atoms with Gasteiger partial charge in [0.2, 0.25) is 0 Å². The van der Waals surface area contributed by atoms with Crippen LogP contribution in [0.3, 0.4) is 0 Å². The molecule has 0 aliphatic carbocycles.